The predicted octanol–water partition coefficient (Wildman–Crippen LogP) is -6.56. The highest BCUT2D eigenvalue weighted by Gasteiger charge is 1.99. The Morgan fingerprint density at radius 2 is 1.04 bits per heavy atom. The summed E-state index contributed by atoms with van der Waals surface area (Å²) in [5, 5.41) is 0. The van der Waals surface area contributed by atoms with Crippen molar-refractivity contribution in [3.8, 4) is 0 Å². The minimum absolute atomic E-state index is 0. The maximum absolute atomic E-state index is 5.17. The average molecular weight is 373 g/mol. The molecule has 0 atom stereocenters. The molecule has 8 nitrogen and oxygen atoms in total. The van der Waals surface area contributed by atoms with Crippen molar-refractivity contribution in [2.45, 2.75) is 13.8 Å². The molecule has 0 fully saturated rings. The molecule has 0 aromatic carbocycles. The van der Waals surface area contributed by atoms with Gasteiger partial charge in [-0.25, -0.2) is 9.97 Å². The smallest absolute Gasteiger partial charge is 0.325 e. The quantitative estimate of drug-likeness (QED) is 0.305. The lowest BCUT2D eigenvalue weighted by molar-refractivity contribution is -0.363. The van der Waals surface area contributed by atoms with Crippen molar-refractivity contribution in [3.05, 3.63) is 47.8 Å². The molecule has 0 saturated heterocycles. The number of hydrogen-bond acceptors (Lipinski definition) is 2. The van der Waals surface area contributed by atoms with E-state index in [9.17, 15) is 0 Å². The highest BCUT2D eigenvalue weighted by molar-refractivity contribution is 5.78. The topological polar surface area (TPSA) is 157 Å². The number of H-pyrrole nitrogens is 2. The van der Waals surface area contributed by atoms with Crippen LogP contribution < -0.4 is 57.7 Å². The average Bonchev–Trinajstić information content (AvgIpc) is 2.44. The molecule has 10 heteroatoms. The van der Waals surface area contributed by atoms with Crippen molar-refractivity contribution in [1.29, 1.82) is 0 Å². The minimum Gasteiger partial charge on any atom is -1.00 e. The first kappa shape index (κ1) is 23.7. The number of aromatic amines is 2. The van der Waals surface area contributed by atoms with Crippen molar-refractivity contribution in [2.24, 2.45) is 32.9 Å². The van der Waals surface area contributed by atoms with E-state index in [0.717, 1.165) is 11.1 Å². The van der Waals surface area contributed by atoms with Crippen molar-refractivity contribution in [2.75, 3.05) is 0 Å². The largest absolute Gasteiger partial charge is 1.00 e. The number of guanidine groups is 2. The lowest BCUT2D eigenvalue weighted by atomic mass is 10.3. The number of pyridine rings is 2. The van der Waals surface area contributed by atoms with Crippen molar-refractivity contribution in [3.63, 3.8) is 0 Å². The highest BCUT2D eigenvalue weighted by atomic mass is 35.5. The van der Waals surface area contributed by atoms with E-state index < -0.39 is 0 Å². The van der Waals surface area contributed by atoms with E-state index in [2.05, 4.69) is 20.0 Å². The highest BCUT2D eigenvalue weighted by Crippen LogP contribution is 2.02. The van der Waals surface area contributed by atoms with E-state index in [1.165, 1.54) is 0 Å². The van der Waals surface area contributed by atoms with Crippen LogP contribution >= 0.6 is 0 Å². The van der Waals surface area contributed by atoms with Crippen LogP contribution in [-0.2, 0) is 0 Å². The van der Waals surface area contributed by atoms with E-state index >= 15 is 0 Å². The molecule has 2 aromatic heterocycles. The second kappa shape index (κ2) is 11.9. The number of halogens is 2. The van der Waals surface area contributed by atoms with Gasteiger partial charge in [-0.2, -0.15) is 0 Å². The van der Waals surface area contributed by atoms with Crippen molar-refractivity contribution in [1.82, 2.24) is 0 Å². The Kier molecular flexibility index (Phi) is 11.8. The molecule has 132 valence electrons. The lowest BCUT2D eigenvalue weighted by Gasteiger charge is -1.86. The predicted molar refractivity (Wildman–Crippen MR) is 86.4 cm³/mol. The van der Waals surface area contributed by atoms with Gasteiger partial charge >= 0.3 is 23.6 Å². The zero-order valence-corrected chi connectivity index (χ0v) is 14.9. The van der Waals surface area contributed by atoms with E-state index in [1.807, 2.05) is 50.5 Å². The number of hydrogen-bond donors (Lipinski definition) is 4. The molecule has 2 rings (SSSR count). The van der Waals surface area contributed by atoms with E-state index in [1.54, 1.807) is 0 Å². The van der Waals surface area contributed by atoms with E-state index in [4.69, 9.17) is 22.9 Å². The van der Waals surface area contributed by atoms with Gasteiger partial charge in [-0.1, -0.05) is 0 Å². The van der Waals surface area contributed by atoms with Crippen molar-refractivity contribution >= 4 is 23.6 Å². The monoisotopic (exact) mass is 372 g/mol. The fourth-order valence-corrected chi connectivity index (χ4v) is 1.41. The third-order valence-corrected chi connectivity index (χ3v) is 2.40. The number of aliphatic imine (C=N–C) groups is 2. The van der Waals surface area contributed by atoms with Gasteiger partial charge < -0.3 is 47.7 Å². The molecule has 0 aliphatic rings. The summed E-state index contributed by atoms with van der Waals surface area (Å²) in [5.74, 6) is 1.45. The third-order valence-electron chi connectivity index (χ3n) is 2.40. The Morgan fingerprint density at radius 1 is 0.708 bits per heavy atom. The summed E-state index contributed by atoms with van der Waals surface area (Å²) in [6, 6.07) is 7.49. The molecule has 0 radical (unpaired) electrons. The van der Waals surface area contributed by atoms with Gasteiger partial charge in [0.05, 0.1) is 12.4 Å². The van der Waals surface area contributed by atoms with Gasteiger partial charge in [-0.15, -0.1) is 0 Å². The van der Waals surface area contributed by atoms with Crippen LogP contribution in [-0.4, -0.2) is 11.9 Å². The fraction of sp³-hybridized carbons (Fsp3) is 0.143. The molecule has 0 bridgehead atoms. The normalized spacial score (nSPS) is 8.42. The van der Waals surface area contributed by atoms with Crippen LogP contribution in [0.5, 0.6) is 0 Å². The Bertz CT molecular complexity index is 586. The molecule has 0 saturated carbocycles. The minimum atomic E-state index is 0. The van der Waals surface area contributed by atoms with Crippen LogP contribution in [0.4, 0.5) is 11.6 Å². The van der Waals surface area contributed by atoms with E-state index in [-0.39, 0.29) is 36.7 Å². The molecule has 0 amide bonds. The molecular weight excluding hydrogens is 351 g/mol. The van der Waals surface area contributed by atoms with Gasteiger partial charge in [0.25, 0.3) is 0 Å². The van der Waals surface area contributed by atoms with Gasteiger partial charge in [-0.3, -0.25) is 0 Å². The molecule has 2 aromatic rings. The molecule has 2 heterocycles. The maximum atomic E-state index is 5.17. The summed E-state index contributed by atoms with van der Waals surface area (Å²) in [4.78, 5) is 13.5. The Hall–Kier alpha value is -2.58. The van der Waals surface area contributed by atoms with Crippen LogP contribution in [0.1, 0.15) is 11.1 Å². The number of rotatable bonds is 2. The van der Waals surface area contributed by atoms with Gasteiger partial charge in [0.2, 0.25) is 0 Å². The molecule has 0 aliphatic heterocycles. The van der Waals surface area contributed by atoms with Crippen LogP contribution in [0.15, 0.2) is 46.6 Å². The standard InChI is InChI=1S/2C7H10N4.2ClH/c2*1-5-2-3-6(10-4-5)11-7(8)9;;/h2*2-4H,1H3,(H4,8,9,10,11);2*1H. The molecule has 0 unspecified atom stereocenters. The second-order valence-electron chi connectivity index (χ2n) is 4.58. The maximum Gasteiger partial charge on any atom is 0.325 e. The Balaban J connectivity index is 0. The number of nitrogens with zero attached hydrogens (tertiary/aromatic N) is 2. The first-order valence-corrected chi connectivity index (χ1v) is 6.53. The first-order valence-electron chi connectivity index (χ1n) is 6.53. The number of aryl methyl sites for hydroxylation is 2. The summed E-state index contributed by atoms with van der Waals surface area (Å²) in [6.45, 7) is 3.96. The van der Waals surface area contributed by atoms with Crippen LogP contribution in [0.3, 0.4) is 0 Å². The van der Waals surface area contributed by atoms with Crippen LogP contribution in [0, 0.1) is 13.8 Å². The van der Waals surface area contributed by atoms with Gasteiger partial charge in [0, 0.05) is 12.1 Å². The first-order chi connectivity index (χ1) is 10.4. The fourth-order valence-electron chi connectivity index (χ4n) is 1.41. The van der Waals surface area contributed by atoms with Crippen molar-refractivity contribution < 1.29 is 34.8 Å². The molecule has 10 N–H and O–H groups in total. The van der Waals surface area contributed by atoms with Crippen LogP contribution in [0.2, 0.25) is 0 Å². The zero-order valence-electron chi connectivity index (χ0n) is 13.4. The second-order valence-corrected chi connectivity index (χ2v) is 4.58. The number of nitrogens with one attached hydrogen (secondary N) is 2. The van der Waals surface area contributed by atoms with E-state index in [0.29, 0.717) is 11.6 Å². The molecule has 0 aliphatic carbocycles. The summed E-state index contributed by atoms with van der Waals surface area (Å²) in [5.41, 5.74) is 23.0. The van der Waals surface area contributed by atoms with Gasteiger partial charge in [-0.05, 0) is 47.1 Å². The molecule has 0 spiro atoms. The molecule has 24 heavy (non-hydrogen) atoms. The SMILES string of the molecule is Cc1ccc(N=C(N)N)[nH+]c1.Cc1ccc(N=C(N)N)[nH+]c1.[Cl-].[Cl-]. The van der Waals surface area contributed by atoms with Gasteiger partial charge in [0.1, 0.15) is 0 Å². The summed E-state index contributed by atoms with van der Waals surface area (Å²) >= 11 is 0. The number of aromatic nitrogens is 2. The van der Waals surface area contributed by atoms with Gasteiger partial charge in [0.15, 0.2) is 0 Å². The zero-order chi connectivity index (χ0) is 16.5. The van der Waals surface area contributed by atoms with Crippen LogP contribution in [0.25, 0.3) is 0 Å². The summed E-state index contributed by atoms with van der Waals surface area (Å²) in [7, 11) is 0. The summed E-state index contributed by atoms with van der Waals surface area (Å²) in [6.07, 6.45) is 3.67. The number of nitrogens with two attached hydrogens (primary N) is 4. The molecular formula is C14H22Cl2N8. The summed E-state index contributed by atoms with van der Waals surface area (Å²) < 4.78 is 0. The Labute approximate surface area is 153 Å². The third kappa shape index (κ3) is 10.2. The Morgan fingerprint density at radius 3 is 1.25 bits per heavy atom. The lowest BCUT2D eigenvalue weighted by Crippen LogP contribution is -3.00.